The van der Waals surface area contributed by atoms with Gasteiger partial charge in [0.25, 0.3) is 0 Å². The molecular weight excluding hydrogens is 238 g/mol. The molecule has 2 aliphatic rings. The largest absolute Gasteiger partial charge is 0.284 e. The van der Waals surface area contributed by atoms with E-state index in [1.54, 1.807) is 7.05 Å². The second-order valence-corrected chi connectivity index (χ2v) is 5.68. The molecule has 1 fully saturated rings. The summed E-state index contributed by atoms with van der Waals surface area (Å²) in [6.45, 7) is 5.91. The van der Waals surface area contributed by atoms with Crippen LogP contribution in [-0.4, -0.2) is 23.8 Å². The molecule has 1 aliphatic carbocycles. The van der Waals surface area contributed by atoms with Crippen molar-refractivity contribution in [3.63, 3.8) is 0 Å². The number of allylic oxidation sites excluding steroid dienone is 1. The highest BCUT2D eigenvalue weighted by molar-refractivity contribution is 6.13. The van der Waals surface area contributed by atoms with Gasteiger partial charge < -0.3 is 0 Å². The van der Waals surface area contributed by atoms with Crippen LogP contribution in [0.25, 0.3) is 5.57 Å². The van der Waals surface area contributed by atoms with Crippen molar-refractivity contribution >= 4 is 17.4 Å². The molecule has 1 saturated heterocycles. The summed E-state index contributed by atoms with van der Waals surface area (Å²) < 4.78 is 0. The van der Waals surface area contributed by atoms with Crippen LogP contribution in [0, 0.1) is 5.41 Å². The van der Waals surface area contributed by atoms with Crippen molar-refractivity contribution in [2.45, 2.75) is 26.7 Å². The highest BCUT2D eigenvalue weighted by atomic mass is 16.2. The van der Waals surface area contributed by atoms with Crippen LogP contribution in [0.3, 0.4) is 0 Å². The lowest BCUT2D eigenvalue weighted by Crippen LogP contribution is -2.35. The first-order valence-electron chi connectivity index (χ1n) is 6.50. The molecule has 1 aliphatic heterocycles. The highest BCUT2D eigenvalue weighted by Crippen LogP contribution is 2.55. The number of hydrogen-bond acceptors (Lipinski definition) is 2. The van der Waals surface area contributed by atoms with E-state index in [2.05, 4.69) is 0 Å². The molecule has 0 radical (unpaired) electrons. The number of rotatable bonds is 0. The van der Waals surface area contributed by atoms with Crippen molar-refractivity contribution in [2.24, 2.45) is 5.41 Å². The number of fused-ring (bicyclic) bond motifs is 3. The van der Waals surface area contributed by atoms with E-state index in [1.807, 2.05) is 45.0 Å². The number of hydrogen-bond donors (Lipinski definition) is 0. The van der Waals surface area contributed by atoms with Crippen LogP contribution >= 0.6 is 0 Å². The minimum atomic E-state index is -0.718. The Morgan fingerprint density at radius 2 is 1.79 bits per heavy atom. The summed E-state index contributed by atoms with van der Waals surface area (Å²) in [5.74, 6) is -0.550. The molecule has 19 heavy (non-hydrogen) atoms. The van der Waals surface area contributed by atoms with Crippen LogP contribution in [0.15, 0.2) is 29.8 Å². The third kappa shape index (κ3) is 1.23. The Bertz CT molecular complexity index is 644. The van der Waals surface area contributed by atoms with Crippen LogP contribution in [0.2, 0.25) is 0 Å². The molecule has 0 N–H and O–H groups in total. The van der Waals surface area contributed by atoms with Gasteiger partial charge in [0.15, 0.2) is 0 Å². The Hall–Kier alpha value is -1.90. The van der Waals surface area contributed by atoms with Crippen LogP contribution in [0.5, 0.6) is 0 Å². The fourth-order valence-corrected chi connectivity index (χ4v) is 3.52. The first-order chi connectivity index (χ1) is 8.90. The number of imide groups is 1. The quantitative estimate of drug-likeness (QED) is 0.668. The summed E-state index contributed by atoms with van der Waals surface area (Å²) in [6, 6.07) is 7.91. The predicted octanol–water partition coefficient (Wildman–Crippen LogP) is 2.58. The average Bonchev–Trinajstić information content (AvgIpc) is 2.59. The van der Waals surface area contributed by atoms with Crippen molar-refractivity contribution in [1.82, 2.24) is 4.90 Å². The molecule has 0 spiro atoms. The van der Waals surface area contributed by atoms with E-state index in [9.17, 15) is 9.59 Å². The maximum atomic E-state index is 12.5. The Balaban J connectivity index is 2.38. The summed E-state index contributed by atoms with van der Waals surface area (Å²) >= 11 is 0. The van der Waals surface area contributed by atoms with Gasteiger partial charge in [-0.25, -0.2) is 0 Å². The topological polar surface area (TPSA) is 37.4 Å². The Kier molecular flexibility index (Phi) is 2.28. The van der Waals surface area contributed by atoms with Crippen molar-refractivity contribution < 1.29 is 9.59 Å². The minimum absolute atomic E-state index is 0.0890. The van der Waals surface area contributed by atoms with Gasteiger partial charge in [0.1, 0.15) is 0 Å². The van der Waals surface area contributed by atoms with E-state index in [-0.39, 0.29) is 17.7 Å². The normalized spacial score (nSPS) is 29.7. The fraction of sp³-hybridized carbons (Fsp3) is 0.375. The van der Waals surface area contributed by atoms with E-state index < -0.39 is 5.41 Å². The van der Waals surface area contributed by atoms with Gasteiger partial charge >= 0.3 is 0 Å². The van der Waals surface area contributed by atoms with Gasteiger partial charge in [-0.15, -0.1) is 0 Å². The first-order valence-corrected chi connectivity index (χ1v) is 6.50. The van der Waals surface area contributed by atoms with Gasteiger partial charge in [-0.05, 0) is 37.5 Å². The smallest absolute Gasteiger partial charge is 0.240 e. The third-order valence-electron chi connectivity index (χ3n) is 4.92. The van der Waals surface area contributed by atoms with Crippen LogP contribution < -0.4 is 0 Å². The van der Waals surface area contributed by atoms with Gasteiger partial charge in [-0.1, -0.05) is 29.8 Å². The van der Waals surface area contributed by atoms with Gasteiger partial charge in [0.2, 0.25) is 11.8 Å². The lowest BCUT2D eigenvalue weighted by molar-refractivity contribution is -0.138. The zero-order valence-electron chi connectivity index (χ0n) is 11.7. The number of likely N-dealkylation sites (tertiary alicyclic amines) is 1. The molecule has 98 valence electrons. The summed E-state index contributed by atoms with van der Waals surface area (Å²) in [5.41, 5.74) is 3.49. The summed E-state index contributed by atoms with van der Waals surface area (Å²) in [7, 11) is 1.58. The number of likely N-dealkylation sites (N-methyl/N-ethyl adjacent to an activating group) is 1. The van der Waals surface area contributed by atoms with E-state index in [1.165, 1.54) is 4.90 Å². The molecule has 1 heterocycles. The molecule has 3 rings (SSSR count). The molecule has 0 bridgehead atoms. The monoisotopic (exact) mass is 255 g/mol. The van der Waals surface area contributed by atoms with Gasteiger partial charge in [-0.3, -0.25) is 14.5 Å². The summed E-state index contributed by atoms with van der Waals surface area (Å²) in [6.07, 6.45) is 0. The molecular formula is C16H17NO2. The molecule has 0 unspecified atom stereocenters. The number of amides is 2. The average molecular weight is 255 g/mol. The summed E-state index contributed by atoms with van der Waals surface area (Å²) in [5, 5.41) is 0. The second kappa shape index (κ2) is 3.56. The molecule has 3 heteroatoms. The van der Waals surface area contributed by atoms with E-state index in [0.29, 0.717) is 0 Å². The molecule has 0 saturated carbocycles. The standard InChI is InChI=1S/C16H17NO2/c1-9-10(2)16(3)13(14(18)17(4)15(16)19)12-8-6-5-7-11(9)12/h5-8,13H,1-4H3/t13-,16-/m1/s1. The lowest BCUT2D eigenvalue weighted by Gasteiger charge is -2.35. The third-order valence-corrected chi connectivity index (χ3v) is 4.92. The zero-order chi connectivity index (χ0) is 13.9. The predicted molar refractivity (Wildman–Crippen MR) is 73.3 cm³/mol. The molecule has 2 amide bonds. The fourth-order valence-electron chi connectivity index (χ4n) is 3.52. The van der Waals surface area contributed by atoms with Crippen molar-refractivity contribution in [1.29, 1.82) is 0 Å². The Morgan fingerprint density at radius 1 is 1.16 bits per heavy atom. The zero-order valence-corrected chi connectivity index (χ0v) is 11.7. The Labute approximate surface area is 112 Å². The maximum Gasteiger partial charge on any atom is 0.240 e. The molecule has 0 aromatic heterocycles. The molecule has 1 aromatic carbocycles. The number of carbonyl (C=O) groups is 2. The first kappa shape index (κ1) is 12.2. The van der Waals surface area contributed by atoms with Gasteiger partial charge in [0, 0.05) is 7.05 Å². The van der Waals surface area contributed by atoms with E-state index >= 15 is 0 Å². The van der Waals surface area contributed by atoms with Crippen LogP contribution in [-0.2, 0) is 9.59 Å². The number of carbonyl (C=O) groups excluding carboxylic acids is 2. The van der Waals surface area contributed by atoms with Gasteiger partial charge in [0.05, 0.1) is 11.3 Å². The lowest BCUT2D eigenvalue weighted by atomic mass is 9.64. The van der Waals surface area contributed by atoms with Crippen molar-refractivity contribution in [3.05, 3.63) is 41.0 Å². The van der Waals surface area contributed by atoms with E-state index in [0.717, 1.165) is 22.3 Å². The van der Waals surface area contributed by atoms with Crippen LogP contribution in [0.4, 0.5) is 0 Å². The number of nitrogens with zero attached hydrogens (tertiary/aromatic N) is 1. The summed E-state index contributed by atoms with van der Waals surface area (Å²) in [4.78, 5) is 26.2. The van der Waals surface area contributed by atoms with E-state index in [4.69, 9.17) is 0 Å². The minimum Gasteiger partial charge on any atom is -0.284 e. The molecule has 1 aromatic rings. The maximum absolute atomic E-state index is 12.5. The SMILES string of the molecule is CC1=C(C)[C@@]2(C)C(=O)N(C)C(=O)[C@H]2c2ccccc21. The van der Waals surface area contributed by atoms with Crippen molar-refractivity contribution in [2.75, 3.05) is 7.05 Å². The highest BCUT2D eigenvalue weighted by Gasteiger charge is 2.59. The molecule has 2 atom stereocenters. The molecule has 3 nitrogen and oxygen atoms in total. The van der Waals surface area contributed by atoms with Crippen molar-refractivity contribution in [3.8, 4) is 0 Å². The van der Waals surface area contributed by atoms with Crippen LogP contribution in [0.1, 0.15) is 37.8 Å². The second-order valence-electron chi connectivity index (χ2n) is 5.68. The number of benzene rings is 1. The Morgan fingerprint density at radius 3 is 2.47 bits per heavy atom. The van der Waals surface area contributed by atoms with Gasteiger partial charge in [-0.2, -0.15) is 0 Å².